The molecular weight excluding hydrogens is 326 g/mol. The molecule has 1 aliphatic heterocycles. The molecule has 2 aromatic rings. The van der Waals surface area contributed by atoms with Gasteiger partial charge in [-0.05, 0) is 44.0 Å². The van der Waals surface area contributed by atoms with Gasteiger partial charge in [-0.3, -0.25) is 0 Å². The molecule has 0 bridgehead atoms. The zero-order chi connectivity index (χ0) is 18.4. The van der Waals surface area contributed by atoms with Gasteiger partial charge in [0.25, 0.3) is 0 Å². The fraction of sp³-hybridized carbons (Fsp3) is 0.400. The molecule has 2 N–H and O–H groups in total. The van der Waals surface area contributed by atoms with Crippen molar-refractivity contribution in [3.05, 3.63) is 48.7 Å². The number of carbonyl (C=O) groups excluding carboxylic acids is 1. The number of nitrogens with zero attached hydrogens (tertiary/aromatic N) is 3. The summed E-state index contributed by atoms with van der Waals surface area (Å²) >= 11 is 0. The van der Waals surface area contributed by atoms with Gasteiger partial charge in [0, 0.05) is 44.6 Å². The summed E-state index contributed by atoms with van der Waals surface area (Å²) in [6.07, 6.45) is 4.12. The Morgan fingerprint density at radius 3 is 2.65 bits per heavy atom. The van der Waals surface area contributed by atoms with Crippen molar-refractivity contribution in [2.75, 3.05) is 41.8 Å². The Labute approximate surface area is 155 Å². The first-order chi connectivity index (χ1) is 12.6. The van der Waals surface area contributed by atoms with E-state index in [4.69, 9.17) is 0 Å². The van der Waals surface area contributed by atoms with Crippen molar-refractivity contribution in [2.24, 2.45) is 0 Å². The molecule has 1 atom stereocenters. The van der Waals surface area contributed by atoms with Gasteiger partial charge in [-0.2, -0.15) is 0 Å². The fourth-order valence-corrected chi connectivity index (χ4v) is 3.14. The number of anilines is 3. The zero-order valence-corrected chi connectivity index (χ0v) is 15.5. The molecule has 6 nitrogen and oxygen atoms in total. The van der Waals surface area contributed by atoms with Crippen LogP contribution in [0.2, 0.25) is 0 Å². The lowest BCUT2D eigenvalue weighted by Gasteiger charge is -2.27. The number of urea groups is 1. The minimum Gasteiger partial charge on any atom is -0.370 e. The van der Waals surface area contributed by atoms with Crippen molar-refractivity contribution in [1.82, 2.24) is 10.3 Å². The van der Waals surface area contributed by atoms with Crippen molar-refractivity contribution in [2.45, 2.75) is 25.8 Å². The van der Waals surface area contributed by atoms with Crippen LogP contribution in [-0.2, 0) is 0 Å². The molecule has 2 amide bonds. The number of likely N-dealkylation sites (N-methyl/N-ethyl adjacent to an activating group) is 1. The van der Waals surface area contributed by atoms with Gasteiger partial charge in [0.15, 0.2) is 5.82 Å². The molecule has 1 aromatic carbocycles. The van der Waals surface area contributed by atoms with Crippen molar-refractivity contribution >= 4 is 23.2 Å². The van der Waals surface area contributed by atoms with Gasteiger partial charge >= 0.3 is 6.03 Å². The lowest BCUT2D eigenvalue weighted by Crippen LogP contribution is -2.41. The number of amides is 2. The molecule has 1 fully saturated rings. The van der Waals surface area contributed by atoms with E-state index in [1.54, 1.807) is 6.20 Å². The fourth-order valence-electron chi connectivity index (χ4n) is 3.14. The normalized spacial score (nSPS) is 14.8. The second-order valence-electron chi connectivity index (χ2n) is 6.70. The van der Waals surface area contributed by atoms with Crippen LogP contribution in [0.15, 0.2) is 48.7 Å². The van der Waals surface area contributed by atoms with E-state index in [1.807, 2.05) is 37.4 Å². The molecular formula is C20H27N5O. The Morgan fingerprint density at radius 2 is 1.92 bits per heavy atom. The minimum atomic E-state index is -0.202. The van der Waals surface area contributed by atoms with Gasteiger partial charge in [0.05, 0.1) is 5.69 Å². The minimum absolute atomic E-state index is 0.176. The second-order valence-corrected chi connectivity index (χ2v) is 6.70. The zero-order valence-electron chi connectivity index (χ0n) is 15.5. The predicted molar refractivity (Wildman–Crippen MR) is 107 cm³/mol. The van der Waals surface area contributed by atoms with E-state index in [2.05, 4.69) is 44.5 Å². The summed E-state index contributed by atoms with van der Waals surface area (Å²) in [6.45, 7) is 4.63. The maximum Gasteiger partial charge on any atom is 0.319 e. The maximum absolute atomic E-state index is 12.4. The molecule has 1 aliphatic rings. The highest BCUT2D eigenvalue weighted by Gasteiger charge is 2.18. The third kappa shape index (κ3) is 4.45. The predicted octanol–water partition coefficient (Wildman–Crippen LogP) is 3.33. The van der Waals surface area contributed by atoms with Crippen molar-refractivity contribution in [3.63, 3.8) is 0 Å². The van der Waals surface area contributed by atoms with Crippen molar-refractivity contribution < 1.29 is 4.79 Å². The molecule has 0 spiro atoms. The second kappa shape index (κ2) is 8.56. The summed E-state index contributed by atoms with van der Waals surface area (Å²) in [7, 11) is 2.03. The van der Waals surface area contributed by atoms with Crippen LogP contribution < -0.4 is 20.4 Å². The number of benzene rings is 1. The van der Waals surface area contributed by atoms with Gasteiger partial charge in [0.2, 0.25) is 0 Å². The topological polar surface area (TPSA) is 60.5 Å². The summed E-state index contributed by atoms with van der Waals surface area (Å²) in [5, 5.41) is 5.91. The average Bonchev–Trinajstić information content (AvgIpc) is 3.21. The van der Waals surface area contributed by atoms with Gasteiger partial charge < -0.3 is 20.4 Å². The first-order valence-electron chi connectivity index (χ1n) is 9.18. The molecule has 3 rings (SSSR count). The summed E-state index contributed by atoms with van der Waals surface area (Å²) in [5.41, 5.74) is 1.89. The SMILES string of the molecule is CC(CNC(=O)Nc1cccnc1N1CCCC1)N(C)c1ccccc1. The summed E-state index contributed by atoms with van der Waals surface area (Å²) in [6, 6.07) is 13.9. The largest absolute Gasteiger partial charge is 0.370 e. The van der Waals surface area contributed by atoms with Crippen molar-refractivity contribution in [1.29, 1.82) is 0 Å². The van der Waals surface area contributed by atoms with Crippen LogP contribution >= 0.6 is 0 Å². The van der Waals surface area contributed by atoms with E-state index < -0.39 is 0 Å². The summed E-state index contributed by atoms with van der Waals surface area (Å²) in [4.78, 5) is 21.2. The molecule has 1 aromatic heterocycles. The van der Waals surface area contributed by atoms with Gasteiger partial charge in [-0.1, -0.05) is 18.2 Å². The number of para-hydroxylation sites is 1. The number of pyridine rings is 1. The molecule has 1 saturated heterocycles. The number of rotatable bonds is 6. The first kappa shape index (κ1) is 18.0. The van der Waals surface area contributed by atoms with Crippen LogP contribution in [0.3, 0.4) is 0 Å². The number of aromatic nitrogens is 1. The van der Waals surface area contributed by atoms with Crippen LogP contribution in [0.4, 0.5) is 22.0 Å². The van der Waals surface area contributed by atoms with Crippen molar-refractivity contribution in [3.8, 4) is 0 Å². The number of nitrogens with one attached hydrogen (secondary N) is 2. The highest BCUT2D eigenvalue weighted by molar-refractivity contribution is 5.92. The quantitative estimate of drug-likeness (QED) is 0.836. The van der Waals surface area contributed by atoms with Crippen LogP contribution in [0.1, 0.15) is 19.8 Å². The maximum atomic E-state index is 12.4. The first-order valence-corrected chi connectivity index (χ1v) is 9.18. The van der Waals surface area contributed by atoms with Gasteiger partial charge in [-0.15, -0.1) is 0 Å². The third-order valence-corrected chi connectivity index (χ3v) is 4.82. The molecule has 2 heterocycles. The monoisotopic (exact) mass is 353 g/mol. The van der Waals surface area contributed by atoms with Crippen LogP contribution in [0.5, 0.6) is 0 Å². The Morgan fingerprint density at radius 1 is 1.19 bits per heavy atom. The van der Waals surface area contributed by atoms with E-state index in [-0.39, 0.29) is 12.1 Å². The lowest BCUT2D eigenvalue weighted by atomic mass is 10.2. The molecule has 0 radical (unpaired) electrons. The van der Waals surface area contributed by atoms with E-state index in [9.17, 15) is 4.79 Å². The Hall–Kier alpha value is -2.76. The highest BCUT2D eigenvalue weighted by atomic mass is 16.2. The lowest BCUT2D eigenvalue weighted by molar-refractivity contribution is 0.251. The number of hydrogen-bond donors (Lipinski definition) is 2. The van der Waals surface area contributed by atoms with E-state index in [0.717, 1.165) is 30.3 Å². The Kier molecular flexibility index (Phi) is 5.94. The third-order valence-electron chi connectivity index (χ3n) is 4.82. The number of carbonyl (C=O) groups is 1. The Bertz CT molecular complexity index is 715. The van der Waals surface area contributed by atoms with Crippen LogP contribution in [-0.4, -0.2) is 43.7 Å². The highest BCUT2D eigenvalue weighted by Crippen LogP contribution is 2.25. The molecule has 138 valence electrons. The van der Waals surface area contributed by atoms with E-state index in [1.165, 1.54) is 12.8 Å². The van der Waals surface area contributed by atoms with E-state index >= 15 is 0 Å². The van der Waals surface area contributed by atoms with Crippen LogP contribution in [0.25, 0.3) is 0 Å². The molecule has 1 unspecified atom stereocenters. The molecule has 26 heavy (non-hydrogen) atoms. The summed E-state index contributed by atoms with van der Waals surface area (Å²) in [5.74, 6) is 0.856. The van der Waals surface area contributed by atoms with Crippen LogP contribution in [0, 0.1) is 0 Å². The molecule has 0 aliphatic carbocycles. The van der Waals surface area contributed by atoms with Gasteiger partial charge in [-0.25, -0.2) is 9.78 Å². The molecule has 0 saturated carbocycles. The standard InChI is InChI=1S/C20H27N5O/c1-16(24(2)17-9-4-3-5-10-17)15-22-20(26)23-18-11-8-12-21-19(18)25-13-6-7-14-25/h3-5,8-12,16H,6-7,13-15H2,1-2H3,(H2,22,23,26). The number of hydrogen-bond acceptors (Lipinski definition) is 4. The molecule has 6 heteroatoms. The average molecular weight is 353 g/mol. The Balaban J connectivity index is 1.54. The smallest absolute Gasteiger partial charge is 0.319 e. The van der Waals surface area contributed by atoms with Gasteiger partial charge in [0.1, 0.15) is 0 Å². The van der Waals surface area contributed by atoms with E-state index in [0.29, 0.717) is 6.54 Å². The summed E-state index contributed by atoms with van der Waals surface area (Å²) < 4.78 is 0.